The van der Waals surface area contributed by atoms with Gasteiger partial charge in [0.15, 0.2) is 5.03 Å². The van der Waals surface area contributed by atoms with Gasteiger partial charge in [-0.2, -0.15) is 4.39 Å². The van der Waals surface area contributed by atoms with Gasteiger partial charge in [0.1, 0.15) is 0 Å². The molecule has 2 aromatic rings. The first-order chi connectivity index (χ1) is 7.60. The van der Waals surface area contributed by atoms with Gasteiger partial charge in [0.25, 0.3) is 0 Å². The Labute approximate surface area is 92.5 Å². The summed E-state index contributed by atoms with van der Waals surface area (Å²) in [4.78, 5) is 3.47. The second kappa shape index (κ2) is 4.02. The Hall–Kier alpha value is -1.75. The molecule has 1 aromatic carbocycles. The minimum atomic E-state index is -3.71. The zero-order valence-electron chi connectivity index (χ0n) is 8.17. The van der Waals surface area contributed by atoms with Crippen molar-refractivity contribution >= 4 is 9.84 Å². The Morgan fingerprint density at radius 1 is 0.938 bits per heavy atom. The monoisotopic (exact) mass is 237 g/mol. The highest BCUT2D eigenvalue weighted by Gasteiger charge is 2.18. The number of benzene rings is 1. The molecule has 1 heterocycles. The zero-order chi connectivity index (χ0) is 11.6. The second-order valence-electron chi connectivity index (χ2n) is 3.12. The summed E-state index contributed by atoms with van der Waals surface area (Å²) in [6, 6.07) is 11.5. The maximum atomic E-state index is 12.8. The van der Waals surface area contributed by atoms with Crippen LogP contribution in [0.25, 0.3) is 0 Å². The SMILES string of the molecule is O=S(=O)(c1ccccc1)c1cccc(F)n1. The van der Waals surface area contributed by atoms with E-state index in [4.69, 9.17) is 0 Å². The molecule has 0 bridgehead atoms. The van der Waals surface area contributed by atoms with Gasteiger partial charge in [-0.05, 0) is 24.3 Å². The first-order valence-corrected chi connectivity index (χ1v) is 6.02. The molecule has 0 N–H and O–H groups in total. The summed E-state index contributed by atoms with van der Waals surface area (Å²) in [6.07, 6.45) is 0. The fourth-order valence-corrected chi connectivity index (χ4v) is 2.48. The van der Waals surface area contributed by atoms with Gasteiger partial charge in [0, 0.05) is 0 Å². The molecule has 5 heteroatoms. The van der Waals surface area contributed by atoms with Crippen LogP contribution in [0.5, 0.6) is 0 Å². The van der Waals surface area contributed by atoms with E-state index in [2.05, 4.69) is 4.98 Å². The summed E-state index contributed by atoms with van der Waals surface area (Å²) >= 11 is 0. The summed E-state index contributed by atoms with van der Waals surface area (Å²) in [6.45, 7) is 0. The lowest BCUT2D eigenvalue weighted by atomic mass is 10.4. The molecule has 1 aromatic heterocycles. The van der Waals surface area contributed by atoms with E-state index in [1.54, 1.807) is 18.2 Å². The van der Waals surface area contributed by atoms with Crippen LogP contribution < -0.4 is 0 Å². The van der Waals surface area contributed by atoms with Crippen LogP contribution in [0.15, 0.2) is 58.5 Å². The van der Waals surface area contributed by atoms with Crippen LogP contribution in [-0.2, 0) is 9.84 Å². The van der Waals surface area contributed by atoms with Gasteiger partial charge in [0.2, 0.25) is 15.8 Å². The molecule has 0 aliphatic carbocycles. The third kappa shape index (κ3) is 1.94. The van der Waals surface area contributed by atoms with E-state index in [9.17, 15) is 12.8 Å². The first kappa shape index (κ1) is 10.8. The van der Waals surface area contributed by atoms with Gasteiger partial charge in [-0.1, -0.05) is 24.3 Å². The normalized spacial score (nSPS) is 11.3. The molecule has 0 saturated carbocycles. The highest BCUT2D eigenvalue weighted by molar-refractivity contribution is 7.91. The van der Waals surface area contributed by atoms with Crippen LogP contribution in [0, 0.1) is 5.95 Å². The minimum Gasteiger partial charge on any atom is -0.217 e. The Bertz CT molecular complexity index is 596. The van der Waals surface area contributed by atoms with Crippen LogP contribution in [-0.4, -0.2) is 13.4 Å². The van der Waals surface area contributed by atoms with E-state index < -0.39 is 15.8 Å². The fourth-order valence-electron chi connectivity index (χ4n) is 1.26. The third-order valence-electron chi connectivity index (χ3n) is 2.02. The van der Waals surface area contributed by atoms with Crippen LogP contribution in [0.4, 0.5) is 4.39 Å². The molecular formula is C11H8FNO2S. The summed E-state index contributed by atoms with van der Waals surface area (Å²) < 4.78 is 36.8. The summed E-state index contributed by atoms with van der Waals surface area (Å²) in [5.74, 6) is -0.808. The van der Waals surface area contributed by atoms with Crippen molar-refractivity contribution in [2.24, 2.45) is 0 Å². The van der Waals surface area contributed by atoms with Gasteiger partial charge in [-0.25, -0.2) is 13.4 Å². The second-order valence-corrected chi connectivity index (χ2v) is 5.01. The van der Waals surface area contributed by atoms with Crippen LogP contribution in [0.1, 0.15) is 0 Å². The third-order valence-corrected chi connectivity index (χ3v) is 3.69. The van der Waals surface area contributed by atoms with Gasteiger partial charge < -0.3 is 0 Å². The fraction of sp³-hybridized carbons (Fsp3) is 0. The Kier molecular flexibility index (Phi) is 2.70. The molecule has 0 aliphatic rings. The molecule has 3 nitrogen and oxygen atoms in total. The maximum absolute atomic E-state index is 12.8. The Balaban J connectivity index is 2.56. The van der Waals surface area contributed by atoms with Crippen molar-refractivity contribution in [1.82, 2.24) is 4.98 Å². The molecular weight excluding hydrogens is 229 g/mol. The lowest BCUT2D eigenvalue weighted by Gasteiger charge is -2.02. The van der Waals surface area contributed by atoms with E-state index in [1.807, 2.05) is 0 Å². The maximum Gasteiger partial charge on any atom is 0.223 e. The molecule has 0 spiro atoms. The molecule has 0 saturated heterocycles. The lowest BCUT2D eigenvalue weighted by Crippen LogP contribution is -2.04. The highest BCUT2D eigenvalue weighted by atomic mass is 32.2. The number of nitrogens with zero attached hydrogens (tertiary/aromatic N) is 1. The van der Waals surface area contributed by atoms with Crippen molar-refractivity contribution < 1.29 is 12.8 Å². The van der Waals surface area contributed by atoms with E-state index in [0.717, 1.165) is 6.07 Å². The number of pyridine rings is 1. The van der Waals surface area contributed by atoms with Crippen LogP contribution in [0.2, 0.25) is 0 Å². The predicted octanol–water partition coefficient (Wildman–Crippen LogP) is 2.05. The van der Waals surface area contributed by atoms with Crippen LogP contribution in [0.3, 0.4) is 0 Å². The first-order valence-electron chi connectivity index (χ1n) is 4.53. The summed E-state index contributed by atoms with van der Waals surface area (Å²) in [5, 5.41) is -0.279. The molecule has 16 heavy (non-hydrogen) atoms. The zero-order valence-corrected chi connectivity index (χ0v) is 8.99. The number of halogens is 1. The average molecular weight is 237 g/mol. The van der Waals surface area contributed by atoms with E-state index in [-0.39, 0.29) is 9.92 Å². The number of sulfone groups is 1. The van der Waals surface area contributed by atoms with Crippen molar-refractivity contribution in [3.8, 4) is 0 Å². The largest absolute Gasteiger partial charge is 0.223 e. The quantitative estimate of drug-likeness (QED) is 0.751. The Morgan fingerprint density at radius 3 is 2.25 bits per heavy atom. The number of hydrogen-bond donors (Lipinski definition) is 0. The number of rotatable bonds is 2. The van der Waals surface area contributed by atoms with Gasteiger partial charge in [-0.3, -0.25) is 0 Å². The molecule has 0 aliphatic heterocycles. The number of aromatic nitrogens is 1. The van der Waals surface area contributed by atoms with Crippen molar-refractivity contribution in [2.75, 3.05) is 0 Å². The Morgan fingerprint density at radius 2 is 1.62 bits per heavy atom. The number of hydrogen-bond acceptors (Lipinski definition) is 3. The lowest BCUT2D eigenvalue weighted by molar-refractivity contribution is 0.557. The van der Waals surface area contributed by atoms with Gasteiger partial charge >= 0.3 is 0 Å². The van der Waals surface area contributed by atoms with Gasteiger partial charge in [-0.15, -0.1) is 0 Å². The van der Waals surface area contributed by atoms with E-state index in [0.29, 0.717) is 0 Å². The minimum absolute atomic E-state index is 0.105. The molecule has 82 valence electrons. The highest BCUT2D eigenvalue weighted by Crippen LogP contribution is 2.18. The van der Waals surface area contributed by atoms with Crippen LogP contribution >= 0.6 is 0 Å². The van der Waals surface area contributed by atoms with Crippen molar-refractivity contribution in [3.63, 3.8) is 0 Å². The van der Waals surface area contributed by atoms with Gasteiger partial charge in [0.05, 0.1) is 4.90 Å². The summed E-state index contributed by atoms with van der Waals surface area (Å²) in [7, 11) is -3.71. The molecule has 0 atom stereocenters. The van der Waals surface area contributed by atoms with Crippen molar-refractivity contribution in [1.29, 1.82) is 0 Å². The molecule has 0 unspecified atom stereocenters. The molecule has 0 amide bonds. The molecule has 2 rings (SSSR count). The smallest absolute Gasteiger partial charge is 0.217 e. The predicted molar refractivity (Wildman–Crippen MR) is 56.1 cm³/mol. The topological polar surface area (TPSA) is 47.0 Å². The van der Waals surface area contributed by atoms with E-state index >= 15 is 0 Å². The van der Waals surface area contributed by atoms with E-state index in [1.165, 1.54) is 24.3 Å². The summed E-state index contributed by atoms with van der Waals surface area (Å²) in [5.41, 5.74) is 0. The average Bonchev–Trinajstić information content (AvgIpc) is 2.30. The van der Waals surface area contributed by atoms with Crippen molar-refractivity contribution in [3.05, 3.63) is 54.5 Å². The molecule has 0 fully saturated rings. The standard InChI is InChI=1S/C11H8FNO2S/c12-10-7-4-8-11(13-10)16(14,15)9-5-2-1-3-6-9/h1-8H. The van der Waals surface area contributed by atoms with Crippen molar-refractivity contribution in [2.45, 2.75) is 9.92 Å². The molecule has 0 radical (unpaired) electrons.